The molecule has 194 valence electrons. The minimum Gasteiger partial charge on any atom is -0.387 e. The highest BCUT2D eigenvalue weighted by Crippen LogP contribution is 2.32. The number of likely N-dealkylation sites (N-methyl/N-ethyl adjacent to an activating group) is 1. The number of anilines is 1. The fourth-order valence-corrected chi connectivity index (χ4v) is 5.12. The van der Waals surface area contributed by atoms with Crippen molar-refractivity contribution in [3.63, 3.8) is 0 Å². The molecule has 11 heteroatoms. The van der Waals surface area contributed by atoms with Crippen molar-refractivity contribution in [2.75, 3.05) is 58.6 Å². The van der Waals surface area contributed by atoms with Crippen LogP contribution in [-0.4, -0.2) is 116 Å². The minimum absolute atomic E-state index is 0.264. The molecule has 5 rings (SSSR count). The van der Waals surface area contributed by atoms with Crippen molar-refractivity contribution in [3.8, 4) is 0 Å². The first kappa shape index (κ1) is 25.0. The maximum Gasteiger partial charge on any atom is 0.167 e. The van der Waals surface area contributed by atoms with Crippen molar-refractivity contribution < 1.29 is 14.9 Å². The Hall–Kier alpha value is -2.67. The summed E-state index contributed by atoms with van der Waals surface area (Å²) in [6.07, 6.45) is 0.584. The Morgan fingerprint density at radius 2 is 1.81 bits per heavy atom. The number of aliphatic hydroxyl groups excluding tert-OH is 2. The number of rotatable bonds is 8. The predicted octanol–water partition coefficient (Wildman–Crippen LogP) is 0.167. The van der Waals surface area contributed by atoms with E-state index in [0.717, 1.165) is 52.2 Å². The summed E-state index contributed by atoms with van der Waals surface area (Å²) in [5, 5.41) is 21.4. The number of nitrogens with two attached hydrogens (primary N) is 1. The first-order chi connectivity index (χ1) is 17.5. The fraction of sp³-hybridized carbons (Fsp3) is 0.560. The minimum atomic E-state index is -1.10. The highest BCUT2D eigenvalue weighted by atomic mass is 16.6. The molecule has 2 fully saturated rings. The summed E-state index contributed by atoms with van der Waals surface area (Å²) in [6.45, 7) is 7.61. The molecule has 2 aromatic heterocycles. The number of fused-ring (bicyclic) bond motifs is 1. The number of aliphatic hydroxyl groups is 2. The predicted molar refractivity (Wildman–Crippen MR) is 136 cm³/mol. The molecule has 11 nitrogen and oxygen atoms in total. The summed E-state index contributed by atoms with van der Waals surface area (Å²) < 4.78 is 7.70. The van der Waals surface area contributed by atoms with Gasteiger partial charge in [0, 0.05) is 39.3 Å². The third-order valence-electron chi connectivity index (χ3n) is 7.22. The van der Waals surface area contributed by atoms with Gasteiger partial charge in [-0.3, -0.25) is 9.47 Å². The summed E-state index contributed by atoms with van der Waals surface area (Å²) >= 11 is 0. The molecule has 4 heterocycles. The number of aromatic nitrogens is 4. The first-order valence-electron chi connectivity index (χ1n) is 12.6. The molecule has 1 unspecified atom stereocenters. The zero-order valence-corrected chi connectivity index (χ0v) is 20.7. The molecule has 3 aromatic rings. The van der Waals surface area contributed by atoms with Gasteiger partial charge in [-0.25, -0.2) is 15.0 Å². The van der Waals surface area contributed by atoms with Gasteiger partial charge in [0.05, 0.1) is 6.33 Å². The van der Waals surface area contributed by atoms with Gasteiger partial charge < -0.3 is 30.5 Å². The van der Waals surface area contributed by atoms with Crippen LogP contribution >= 0.6 is 0 Å². The standard InChI is InChI=1S/C25H36N8O3/c1-30(10-11-31-8-5-9-32(13-12-31)14-18-6-3-2-4-7-18)15-19-21(34)22(35)25(36-19)33-17-29-20-23(26)27-16-28-24(20)33/h2-4,6-7,16-17,19,21-22,25,34-35H,5,8-15H2,1H3,(H2,26,27,28)/t19-,21-,22-,25?/m1/s1. The molecule has 2 aliphatic rings. The van der Waals surface area contributed by atoms with Crippen molar-refractivity contribution in [2.24, 2.45) is 0 Å². The SMILES string of the molecule is CN(CCN1CCCN(Cc2ccccc2)CC1)C[C@H]1OC(n2cnc3c(N)ncnc32)[C@H](O)[C@@H]1O. The highest BCUT2D eigenvalue weighted by molar-refractivity contribution is 5.81. The Morgan fingerprint density at radius 1 is 1.03 bits per heavy atom. The fourth-order valence-electron chi connectivity index (χ4n) is 5.12. The second-order valence-electron chi connectivity index (χ2n) is 9.85. The summed E-state index contributed by atoms with van der Waals surface area (Å²) in [7, 11) is 2.02. The second kappa shape index (κ2) is 11.2. The molecule has 0 amide bonds. The summed E-state index contributed by atoms with van der Waals surface area (Å²) in [5.41, 5.74) is 8.15. The van der Waals surface area contributed by atoms with Crippen LogP contribution in [0, 0.1) is 0 Å². The third kappa shape index (κ3) is 5.51. The van der Waals surface area contributed by atoms with E-state index in [2.05, 4.69) is 60.0 Å². The van der Waals surface area contributed by atoms with Crippen LogP contribution in [0.4, 0.5) is 5.82 Å². The van der Waals surface area contributed by atoms with E-state index in [1.165, 1.54) is 18.2 Å². The quantitative estimate of drug-likeness (QED) is 0.397. The van der Waals surface area contributed by atoms with E-state index in [4.69, 9.17) is 10.5 Å². The maximum absolute atomic E-state index is 10.7. The van der Waals surface area contributed by atoms with Gasteiger partial charge in [-0.05, 0) is 32.1 Å². The second-order valence-corrected chi connectivity index (χ2v) is 9.85. The normalized spacial score (nSPS) is 26.1. The number of nitrogens with zero attached hydrogens (tertiary/aromatic N) is 7. The molecule has 2 saturated heterocycles. The van der Waals surface area contributed by atoms with Crippen LogP contribution in [0.3, 0.4) is 0 Å². The largest absolute Gasteiger partial charge is 0.387 e. The number of ether oxygens (including phenoxy) is 1. The van der Waals surface area contributed by atoms with Crippen LogP contribution in [0.1, 0.15) is 18.2 Å². The van der Waals surface area contributed by atoms with Crippen molar-refractivity contribution in [1.82, 2.24) is 34.2 Å². The Labute approximate surface area is 211 Å². The van der Waals surface area contributed by atoms with Crippen LogP contribution < -0.4 is 5.73 Å². The molecule has 1 aromatic carbocycles. The molecule has 4 N–H and O–H groups in total. The van der Waals surface area contributed by atoms with Gasteiger partial charge in [0.15, 0.2) is 17.7 Å². The van der Waals surface area contributed by atoms with Crippen LogP contribution in [0.15, 0.2) is 43.0 Å². The van der Waals surface area contributed by atoms with Gasteiger partial charge in [0.25, 0.3) is 0 Å². The Morgan fingerprint density at radius 3 is 2.64 bits per heavy atom. The summed E-state index contributed by atoms with van der Waals surface area (Å²) in [4.78, 5) is 19.6. The van der Waals surface area contributed by atoms with Crippen LogP contribution in [0.5, 0.6) is 0 Å². The van der Waals surface area contributed by atoms with Gasteiger partial charge in [0.1, 0.15) is 30.2 Å². The Balaban J connectivity index is 1.11. The van der Waals surface area contributed by atoms with Crippen molar-refractivity contribution >= 4 is 17.0 Å². The molecule has 2 aliphatic heterocycles. The van der Waals surface area contributed by atoms with Crippen molar-refractivity contribution in [2.45, 2.75) is 37.5 Å². The van der Waals surface area contributed by atoms with Crippen molar-refractivity contribution in [1.29, 1.82) is 0 Å². The lowest BCUT2D eigenvalue weighted by Gasteiger charge is -2.26. The van der Waals surface area contributed by atoms with E-state index in [-0.39, 0.29) is 5.82 Å². The van der Waals surface area contributed by atoms with Gasteiger partial charge in [0.2, 0.25) is 0 Å². The molecule has 36 heavy (non-hydrogen) atoms. The molecule has 4 atom stereocenters. The summed E-state index contributed by atoms with van der Waals surface area (Å²) in [6, 6.07) is 10.6. The molecule has 0 radical (unpaired) electrons. The Kier molecular flexibility index (Phi) is 7.75. The van der Waals surface area contributed by atoms with E-state index in [1.54, 1.807) is 4.57 Å². The average Bonchev–Trinajstić information content (AvgIpc) is 3.33. The van der Waals surface area contributed by atoms with E-state index >= 15 is 0 Å². The van der Waals surface area contributed by atoms with E-state index in [9.17, 15) is 10.2 Å². The van der Waals surface area contributed by atoms with Crippen molar-refractivity contribution in [3.05, 3.63) is 48.5 Å². The van der Waals surface area contributed by atoms with E-state index in [1.807, 2.05) is 7.05 Å². The van der Waals surface area contributed by atoms with Gasteiger partial charge in [-0.15, -0.1) is 0 Å². The number of hydrogen-bond acceptors (Lipinski definition) is 10. The van der Waals surface area contributed by atoms with Crippen LogP contribution in [0.25, 0.3) is 11.2 Å². The number of hydrogen-bond donors (Lipinski definition) is 3. The highest BCUT2D eigenvalue weighted by Gasteiger charge is 2.44. The third-order valence-corrected chi connectivity index (χ3v) is 7.22. The monoisotopic (exact) mass is 496 g/mol. The molecular weight excluding hydrogens is 460 g/mol. The average molecular weight is 497 g/mol. The van der Waals surface area contributed by atoms with Crippen LogP contribution in [0.2, 0.25) is 0 Å². The molecule has 0 aliphatic carbocycles. The zero-order chi connectivity index (χ0) is 25.1. The lowest BCUT2D eigenvalue weighted by molar-refractivity contribution is -0.0425. The van der Waals surface area contributed by atoms with Crippen LogP contribution in [-0.2, 0) is 11.3 Å². The number of benzene rings is 1. The topological polar surface area (TPSA) is 129 Å². The molecule has 0 spiro atoms. The molecule has 0 bridgehead atoms. The van der Waals surface area contributed by atoms with E-state index in [0.29, 0.717) is 17.7 Å². The molecular formula is C25H36N8O3. The lowest BCUT2D eigenvalue weighted by Crippen LogP contribution is -2.42. The first-order valence-corrected chi connectivity index (χ1v) is 12.6. The molecule has 0 saturated carbocycles. The summed E-state index contributed by atoms with van der Waals surface area (Å²) in [5.74, 6) is 0.264. The van der Waals surface area contributed by atoms with E-state index < -0.39 is 24.5 Å². The zero-order valence-electron chi connectivity index (χ0n) is 20.7. The lowest BCUT2D eigenvalue weighted by atomic mass is 10.1. The Bertz CT molecular complexity index is 1130. The van der Waals surface area contributed by atoms with Gasteiger partial charge in [-0.2, -0.15) is 0 Å². The smallest absolute Gasteiger partial charge is 0.167 e. The number of imidazole rings is 1. The van der Waals surface area contributed by atoms with Gasteiger partial charge in [-0.1, -0.05) is 30.3 Å². The number of nitrogen functional groups attached to an aromatic ring is 1. The maximum atomic E-state index is 10.7. The van der Waals surface area contributed by atoms with Gasteiger partial charge >= 0.3 is 0 Å².